The third-order valence-electron chi connectivity index (χ3n) is 4.15. The zero-order valence-corrected chi connectivity index (χ0v) is 13.8. The van der Waals surface area contributed by atoms with Crippen LogP contribution in [0.25, 0.3) is 0 Å². The van der Waals surface area contributed by atoms with Crippen LogP contribution in [0.4, 0.5) is 5.69 Å². The van der Waals surface area contributed by atoms with Crippen molar-refractivity contribution in [3.8, 4) is 17.2 Å². The Morgan fingerprint density at radius 3 is 2.46 bits per heavy atom. The van der Waals surface area contributed by atoms with Gasteiger partial charge in [-0.05, 0) is 0 Å². The van der Waals surface area contributed by atoms with Gasteiger partial charge in [-0.2, -0.15) is 0 Å². The van der Waals surface area contributed by atoms with Gasteiger partial charge in [0.15, 0.2) is 11.5 Å². The highest BCUT2D eigenvalue weighted by atomic mass is 16.7. The van der Waals surface area contributed by atoms with Crippen LogP contribution in [-0.4, -0.2) is 68.2 Å². The maximum atomic E-state index is 12.3. The summed E-state index contributed by atoms with van der Waals surface area (Å²) in [7, 11) is 1.54. The van der Waals surface area contributed by atoms with E-state index in [0.29, 0.717) is 49.1 Å². The second-order valence-electron chi connectivity index (χ2n) is 5.74. The molecular weight excluding hydrogens is 314 g/mol. The van der Waals surface area contributed by atoms with Crippen LogP contribution in [0.1, 0.15) is 6.92 Å². The number of fused-ring (bicyclic) bond motifs is 1. The molecule has 0 bridgehead atoms. The number of carbonyl (C=O) groups excluding carboxylic acids is 2. The van der Waals surface area contributed by atoms with Crippen molar-refractivity contribution in [3.63, 3.8) is 0 Å². The fourth-order valence-electron chi connectivity index (χ4n) is 2.80. The SMILES string of the molecule is COc1cc2c(cc1NC(=O)CN1CCN(C(C)=O)CC1)OCO2. The molecule has 0 saturated carbocycles. The summed E-state index contributed by atoms with van der Waals surface area (Å²) >= 11 is 0. The Labute approximate surface area is 140 Å². The number of methoxy groups -OCH3 is 1. The van der Waals surface area contributed by atoms with E-state index in [-0.39, 0.29) is 25.2 Å². The van der Waals surface area contributed by atoms with Crippen LogP contribution in [0.5, 0.6) is 17.2 Å². The van der Waals surface area contributed by atoms with Crippen LogP contribution in [0.3, 0.4) is 0 Å². The number of carbonyl (C=O) groups is 2. The normalized spacial score (nSPS) is 16.8. The van der Waals surface area contributed by atoms with Crippen molar-refractivity contribution >= 4 is 17.5 Å². The first-order chi connectivity index (χ1) is 11.6. The molecule has 3 rings (SSSR count). The number of ether oxygens (including phenoxy) is 3. The summed E-state index contributed by atoms with van der Waals surface area (Å²) in [4.78, 5) is 27.4. The van der Waals surface area contributed by atoms with E-state index in [9.17, 15) is 9.59 Å². The first-order valence-electron chi connectivity index (χ1n) is 7.82. The standard InChI is InChI=1S/C16H21N3O5/c1-11(20)19-5-3-18(4-6-19)9-16(21)17-12-7-14-15(24-10-23-14)8-13(12)22-2/h7-8H,3-6,9-10H2,1-2H3,(H,17,21). The van der Waals surface area contributed by atoms with Crippen molar-refractivity contribution in [2.24, 2.45) is 0 Å². The van der Waals surface area contributed by atoms with Gasteiger partial charge in [-0.3, -0.25) is 14.5 Å². The van der Waals surface area contributed by atoms with Gasteiger partial charge in [0, 0.05) is 45.2 Å². The van der Waals surface area contributed by atoms with Crippen LogP contribution in [-0.2, 0) is 9.59 Å². The Morgan fingerprint density at radius 2 is 1.83 bits per heavy atom. The van der Waals surface area contributed by atoms with E-state index in [2.05, 4.69) is 5.32 Å². The Morgan fingerprint density at radius 1 is 1.17 bits per heavy atom. The number of anilines is 1. The highest BCUT2D eigenvalue weighted by Gasteiger charge is 2.22. The molecule has 8 nitrogen and oxygen atoms in total. The number of piperazine rings is 1. The average Bonchev–Trinajstić information content (AvgIpc) is 3.01. The molecule has 1 aromatic carbocycles. The van der Waals surface area contributed by atoms with Gasteiger partial charge in [0.25, 0.3) is 0 Å². The van der Waals surface area contributed by atoms with Gasteiger partial charge in [0.05, 0.1) is 19.3 Å². The third-order valence-corrected chi connectivity index (χ3v) is 4.15. The number of nitrogens with zero attached hydrogens (tertiary/aromatic N) is 2. The first kappa shape index (κ1) is 16.4. The summed E-state index contributed by atoms with van der Waals surface area (Å²) in [6.45, 7) is 4.66. The number of amides is 2. The second-order valence-corrected chi connectivity index (χ2v) is 5.74. The van der Waals surface area contributed by atoms with Gasteiger partial charge in [0.2, 0.25) is 18.6 Å². The molecule has 0 aliphatic carbocycles. The lowest BCUT2D eigenvalue weighted by molar-refractivity contribution is -0.130. The van der Waals surface area contributed by atoms with Crippen molar-refractivity contribution < 1.29 is 23.8 Å². The van der Waals surface area contributed by atoms with Gasteiger partial charge in [-0.1, -0.05) is 0 Å². The van der Waals surface area contributed by atoms with Crippen molar-refractivity contribution in [1.82, 2.24) is 9.80 Å². The predicted molar refractivity (Wildman–Crippen MR) is 86.4 cm³/mol. The van der Waals surface area contributed by atoms with E-state index >= 15 is 0 Å². The molecule has 2 aliphatic rings. The van der Waals surface area contributed by atoms with Crippen LogP contribution in [0.15, 0.2) is 12.1 Å². The zero-order valence-electron chi connectivity index (χ0n) is 13.8. The molecule has 0 spiro atoms. The fourth-order valence-corrected chi connectivity index (χ4v) is 2.80. The summed E-state index contributed by atoms with van der Waals surface area (Å²) in [5.74, 6) is 1.65. The van der Waals surface area contributed by atoms with Gasteiger partial charge in [0.1, 0.15) is 5.75 Å². The lowest BCUT2D eigenvalue weighted by Crippen LogP contribution is -2.49. The van der Waals surface area contributed by atoms with E-state index in [1.807, 2.05) is 4.90 Å². The van der Waals surface area contributed by atoms with E-state index in [1.54, 1.807) is 24.0 Å². The van der Waals surface area contributed by atoms with Crippen molar-refractivity contribution in [2.45, 2.75) is 6.92 Å². The zero-order chi connectivity index (χ0) is 17.1. The Hall–Kier alpha value is -2.48. The molecule has 0 atom stereocenters. The minimum Gasteiger partial charge on any atom is -0.494 e. The molecule has 8 heteroatoms. The number of nitrogens with one attached hydrogen (secondary N) is 1. The topological polar surface area (TPSA) is 80.3 Å². The van der Waals surface area contributed by atoms with Crippen LogP contribution in [0, 0.1) is 0 Å². The molecule has 24 heavy (non-hydrogen) atoms. The van der Waals surface area contributed by atoms with Crippen molar-refractivity contribution in [3.05, 3.63) is 12.1 Å². The minimum absolute atomic E-state index is 0.0733. The van der Waals surface area contributed by atoms with E-state index < -0.39 is 0 Å². The largest absolute Gasteiger partial charge is 0.494 e. The monoisotopic (exact) mass is 335 g/mol. The van der Waals surface area contributed by atoms with E-state index in [1.165, 1.54) is 7.11 Å². The maximum absolute atomic E-state index is 12.3. The van der Waals surface area contributed by atoms with Crippen LogP contribution in [0.2, 0.25) is 0 Å². The molecule has 2 aliphatic heterocycles. The summed E-state index contributed by atoms with van der Waals surface area (Å²) in [6, 6.07) is 3.40. The highest BCUT2D eigenvalue weighted by molar-refractivity contribution is 5.94. The van der Waals surface area contributed by atoms with Crippen molar-refractivity contribution in [2.75, 3.05) is 51.9 Å². The molecule has 2 amide bonds. The molecular formula is C16H21N3O5. The highest BCUT2D eigenvalue weighted by Crippen LogP contribution is 2.40. The molecule has 0 unspecified atom stereocenters. The molecule has 0 aromatic heterocycles. The molecule has 1 aromatic rings. The quantitative estimate of drug-likeness (QED) is 0.864. The molecule has 1 saturated heterocycles. The van der Waals surface area contributed by atoms with Gasteiger partial charge in [-0.25, -0.2) is 0 Å². The average molecular weight is 335 g/mol. The van der Waals surface area contributed by atoms with Gasteiger partial charge >= 0.3 is 0 Å². The number of benzene rings is 1. The number of hydrogen-bond acceptors (Lipinski definition) is 6. The molecule has 0 radical (unpaired) electrons. The van der Waals surface area contributed by atoms with Crippen LogP contribution < -0.4 is 19.5 Å². The lowest BCUT2D eigenvalue weighted by atomic mass is 10.2. The molecule has 1 fully saturated rings. The number of hydrogen-bond donors (Lipinski definition) is 1. The molecule has 1 N–H and O–H groups in total. The summed E-state index contributed by atoms with van der Waals surface area (Å²) in [5.41, 5.74) is 0.550. The van der Waals surface area contributed by atoms with Crippen molar-refractivity contribution in [1.29, 1.82) is 0 Å². The van der Waals surface area contributed by atoms with Gasteiger partial charge in [-0.15, -0.1) is 0 Å². The summed E-state index contributed by atoms with van der Waals surface area (Å²) in [5, 5.41) is 2.85. The Bertz CT molecular complexity index is 641. The van der Waals surface area contributed by atoms with E-state index in [0.717, 1.165) is 0 Å². The van der Waals surface area contributed by atoms with E-state index in [4.69, 9.17) is 14.2 Å². The summed E-state index contributed by atoms with van der Waals surface area (Å²) in [6.07, 6.45) is 0. The smallest absolute Gasteiger partial charge is 0.238 e. The predicted octanol–water partition coefficient (Wildman–Crippen LogP) is 0.526. The fraction of sp³-hybridized carbons (Fsp3) is 0.500. The summed E-state index contributed by atoms with van der Waals surface area (Å²) < 4.78 is 15.9. The Balaban J connectivity index is 1.58. The molecule has 130 valence electrons. The maximum Gasteiger partial charge on any atom is 0.238 e. The minimum atomic E-state index is -0.136. The molecule has 2 heterocycles. The van der Waals surface area contributed by atoms with Gasteiger partial charge < -0.3 is 24.4 Å². The van der Waals surface area contributed by atoms with Crippen LogP contribution >= 0.6 is 0 Å². The lowest BCUT2D eigenvalue weighted by Gasteiger charge is -2.33. The third kappa shape index (κ3) is 3.53. The number of rotatable bonds is 4. The Kier molecular flexibility index (Phi) is 4.75. The second kappa shape index (κ2) is 6.96. The first-order valence-corrected chi connectivity index (χ1v) is 7.82.